The van der Waals surface area contributed by atoms with Gasteiger partial charge >= 0.3 is 6.18 Å². The fraction of sp³-hybridized carbons (Fsp3) is 0.400. The topological polar surface area (TPSA) is 61.4 Å². The van der Waals surface area contributed by atoms with E-state index in [4.69, 9.17) is 0 Å². The third-order valence-electron chi connectivity index (χ3n) is 4.65. The molecule has 2 aromatic rings. The summed E-state index contributed by atoms with van der Waals surface area (Å²) in [6.07, 6.45) is 0.0504. The van der Waals surface area contributed by atoms with Crippen molar-refractivity contribution >= 4 is 28.2 Å². The van der Waals surface area contributed by atoms with Gasteiger partial charge in [-0.25, -0.2) is 5.01 Å². The predicted molar refractivity (Wildman–Crippen MR) is 106 cm³/mol. The van der Waals surface area contributed by atoms with Gasteiger partial charge in [-0.3, -0.25) is 15.0 Å². The molecule has 0 saturated carbocycles. The normalized spacial score (nSPS) is 14.3. The van der Waals surface area contributed by atoms with Crippen molar-refractivity contribution in [3.8, 4) is 0 Å². The van der Waals surface area contributed by atoms with Crippen LogP contribution in [0.25, 0.3) is 0 Å². The van der Waals surface area contributed by atoms with Crippen LogP contribution in [0, 0.1) is 0 Å². The summed E-state index contributed by atoms with van der Waals surface area (Å²) >= 11 is 1.33. The number of fused-ring (bicyclic) bond motifs is 1. The van der Waals surface area contributed by atoms with Crippen LogP contribution in [0.4, 0.5) is 18.2 Å². The summed E-state index contributed by atoms with van der Waals surface area (Å²) in [5.74, 6) is -1.01. The van der Waals surface area contributed by atoms with Crippen LogP contribution in [0.5, 0.6) is 0 Å². The summed E-state index contributed by atoms with van der Waals surface area (Å²) in [6.45, 7) is 0. The summed E-state index contributed by atoms with van der Waals surface area (Å²) in [5, 5.41) is 4.56. The lowest BCUT2D eigenvalue weighted by molar-refractivity contribution is -0.137. The van der Waals surface area contributed by atoms with Crippen LogP contribution in [-0.2, 0) is 19.0 Å². The van der Waals surface area contributed by atoms with Gasteiger partial charge in [-0.15, -0.1) is 11.3 Å². The molecule has 0 atom stereocenters. The SMILES string of the molecule is CN(C)NC(=O)c1c(NC(=O)c2cccc(C(F)(F)F)c2)sc2c1CCCCC2. The number of hydrogen-bond donors (Lipinski definition) is 2. The van der Waals surface area contributed by atoms with Gasteiger partial charge in [0.2, 0.25) is 0 Å². The number of hydrogen-bond acceptors (Lipinski definition) is 4. The third-order valence-corrected chi connectivity index (χ3v) is 5.86. The highest BCUT2D eigenvalue weighted by Crippen LogP contribution is 2.38. The number of aryl methyl sites for hydroxylation is 1. The Labute approximate surface area is 170 Å². The molecule has 3 rings (SSSR count). The van der Waals surface area contributed by atoms with Crippen LogP contribution in [0.15, 0.2) is 24.3 Å². The highest BCUT2D eigenvalue weighted by molar-refractivity contribution is 7.17. The van der Waals surface area contributed by atoms with Gasteiger partial charge in [0.15, 0.2) is 0 Å². The molecule has 2 N–H and O–H groups in total. The van der Waals surface area contributed by atoms with Gasteiger partial charge in [-0.05, 0) is 49.4 Å². The number of carbonyl (C=O) groups is 2. The summed E-state index contributed by atoms with van der Waals surface area (Å²) in [4.78, 5) is 26.5. The second-order valence-corrected chi connectivity index (χ2v) is 8.24. The van der Waals surface area contributed by atoms with Crippen molar-refractivity contribution in [2.24, 2.45) is 0 Å². The number of thiophene rings is 1. The molecule has 5 nitrogen and oxygen atoms in total. The van der Waals surface area contributed by atoms with E-state index in [2.05, 4.69) is 10.7 Å². The van der Waals surface area contributed by atoms with E-state index in [1.807, 2.05) is 0 Å². The molecular formula is C20H22F3N3O2S. The van der Waals surface area contributed by atoms with E-state index in [1.165, 1.54) is 28.5 Å². The van der Waals surface area contributed by atoms with E-state index < -0.39 is 17.6 Å². The number of rotatable bonds is 4. The number of alkyl halides is 3. The zero-order chi connectivity index (χ0) is 21.2. The minimum atomic E-state index is -4.53. The van der Waals surface area contributed by atoms with Crippen molar-refractivity contribution in [2.75, 3.05) is 19.4 Å². The Morgan fingerprint density at radius 2 is 1.79 bits per heavy atom. The van der Waals surface area contributed by atoms with Crippen LogP contribution in [0.3, 0.4) is 0 Å². The Kier molecular flexibility index (Phi) is 6.28. The predicted octanol–water partition coefficient (Wildman–Crippen LogP) is 4.49. The van der Waals surface area contributed by atoms with Crippen molar-refractivity contribution in [3.63, 3.8) is 0 Å². The number of anilines is 1. The Bertz CT molecular complexity index is 922. The fourth-order valence-electron chi connectivity index (χ4n) is 3.34. The standard InChI is InChI=1S/C20H22F3N3O2S/c1-26(2)25-18(28)16-14-9-4-3-5-10-15(14)29-19(16)24-17(27)12-7-6-8-13(11-12)20(21,22)23/h6-8,11H,3-5,9-10H2,1-2H3,(H,24,27)(H,25,28). The highest BCUT2D eigenvalue weighted by atomic mass is 32.1. The maximum absolute atomic E-state index is 13.0. The maximum Gasteiger partial charge on any atom is 0.416 e. The molecule has 2 amide bonds. The molecule has 0 fully saturated rings. The van der Waals surface area contributed by atoms with Crippen LogP contribution in [0.2, 0.25) is 0 Å². The van der Waals surface area contributed by atoms with Gasteiger partial charge in [0.25, 0.3) is 11.8 Å². The molecule has 1 aromatic heterocycles. The summed E-state index contributed by atoms with van der Waals surface area (Å²) in [5.41, 5.74) is 3.03. The largest absolute Gasteiger partial charge is 0.416 e. The monoisotopic (exact) mass is 425 g/mol. The number of amides is 2. The minimum Gasteiger partial charge on any atom is -0.313 e. The van der Waals surface area contributed by atoms with Crippen molar-refractivity contribution in [1.82, 2.24) is 10.4 Å². The van der Waals surface area contributed by atoms with Gasteiger partial charge in [-0.2, -0.15) is 13.2 Å². The van der Waals surface area contributed by atoms with Crippen LogP contribution >= 0.6 is 11.3 Å². The number of halogens is 3. The quantitative estimate of drug-likeness (QED) is 0.560. The lowest BCUT2D eigenvalue weighted by atomic mass is 10.0. The lowest BCUT2D eigenvalue weighted by Crippen LogP contribution is -2.36. The van der Waals surface area contributed by atoms with Gasteiger partial charge < -0.3 is 5.32 Å². The molecule has 1 aromatic carbocycles. The number of carbonyl (C=O) groups excluding carboxylic acids is 2. The van der Waals surface area contributed by atoms with E-state index in [0.29, 0.717) is 10.6 Å². The maximum atomic E-state index is 13.0. The van der Waals surface area contributed by atoms with Crippen LogP contribution < -0.4 is 10.7 Å². The molecule has 0 saturated heterocycles. The van der Waals surface area contributed by atoms with E-state index in [9.17, 15) is 22.8 Å². The molecule has 9 heteroatoms. The number of benzene rings is 1. The molecule has 0 spiro atoms. The fourth-order valence-corrected chi connectivity index (χ4v) is 4.62. The average Bonchev–Trinajstić information content (AvgIpc) is 2.81. The highest BCUT2D eigenvalue weighted by Gasteiger charge is 2.31. The summed E-state index contributed by atoms with van der Waals surface area (Å²) in [7, 11) is 3.37. The zero-order valence-electron chi connectivity index (χ0n) is 16.2. The van der Waals surface area contributed by atoms with E-state index in [1.54, 1.807) is 14.1 Å². The zero-order valence-corrected chi connectivity index (χ0v) is 17.0. The molecule has 0 unspecified atom stereocenters. The smallest absolute Gasteiger partial charge is 0.313 e. The van der Waals surface area contributed by atoms with E-state index in [0.717, 1.165) is 54.7 Å². The Balaban J connectivity index is 1.94. The second kappa shape index (κ2) is 8.54. The first-order valence-corrected chi connectivity index (χ1v) is 10.1. The van der Waals surface area contributed by atoms with E-state index >= 15 is 0 Å². The van der Waals surface area contributed by atoms with Crippen molar-refractivity contribution < 1.29 is 22.8 Å². The van der Waals surface area contributed by atoms with Crippen LogP contribution in [0.1, 0.15) is 56.0 Å². The second-order valence-electron chi connectivity index (χ2n) is 7.14. The number of nitrogens with one attached hydrogen (secondary N) is 2. The molecule has 1 aliphatic carbocycles. The van der Waals surface area contributed by atoms with Gasteiger partial charge in [0.1, 0.15) is 5.00 Å². The molecule has 1 aliphatic rings. The van der Waals surface area contributed by atoms with Gasteiger partial charge in [0, 0.05) is 24.5 Å². The third kappa shape index (κ3) is 4.97. The molecule has 156 valence electrons. The van der Waals surface area contributed by atoms with Crippen molar-refractivity contribution in [3.05, 3.63) is 51.4 Å². The molecule has 1 heterocycles. The first-order chi connectivity index (χ1) is 13.7. The summed E-state index contributed by atoms with van der Waals surface area (Å²) < 4.78 is 38.9. The van der Waals surface area contributed by atoms with E-state index in [-0.39, 0.29) is 11.5 Å². The summed E-state index contributed by atoms with van der Waals surface area (Å²) in [6, 6.07) is 4.25. The molecule has 0 bridgehead atoms. The Morgan fingerprint density at radius 1 is 1.07 bits per heavy atom. The first kappa shape index (κ1) is 21.3. The average molecular weight is 425 g/mol. The molecule has 0 aliphatic heterocycles. The Morgan fingerprint density at radius 3 is 2.48 bits per heavy atom. The van der Waals surface area contributed by atoms with Gasteiger partial charge in [0.05, 0.1) is 11.1 Å². The molecular weight excluding hydrogens is 403 g/mol. The van der Waals surface area contributed by atoms with Crippen molar-refractivity contribution in [1.29, 1.82) is 0 Å². The lowest BCUT2D eigenvalue weighted by Gasteiger charge is -2.14. The number of nitrogens with zero attached hydrogens (tertiary/aromatic N) is 1. The molecule has 29 heavy (non-hydrogen) atoms. The minimum absolute atomic E-state index is 0.109. The van der Waals surface area contributed by atoms with Crippen molar-refractivity contribution in [2.45, 2.75) is 38.3 Å². The van der Waals surface area contributed by atoms with Crippen LogP contribution in [-0.4, -0.2) is 30.9 Å². The molecule has 0 radical (unpaired) electrons. The number of hydrazine groups is 1. The van der Waals surface area contributed by atoms with Gasteiger partial charge in [-0.1, -0.05) is 12.5 Å². The first-order valence-electron chi connectivity index (χ1n) is 9.28. The Hall–Kier alpha value is -2.39.